The third kappa shape index (κ3) is 4.37. The highest BCUT2D eigenvalue weighted by atomic mass is 32.2. The summed E-state index contributed by atoms with van der Waals surface area (Å²) < 4.78 is 27.0. The van der Waals surface area contributed by atoms with Gasteiger partial charge in [-0.1, -0.05) is 25.0 Å². The Balaban J connectivity index is 1.40. The fraction of sp³-hybridized carbons (Fsp3) is 0.286. The second-order valence-corrected chi connectivity index (χ2v) is 9.45. The molecule has 1 fully saturated rings. The number of carbonyl (C=O) groups excluding carboxylic acids is 1. The molecule has 0 bridgehead atoms. The Morgan fingerprint density at radius 3 is 2.34 bits per heavy atom. The van der Waals surface area contributed by atoms with Crippen LogP contribution in [0.2, 0.25) is 0 Å². The predicted molar refractivity (Wildman–Crippen MR) is 109 cm³/mol. The molecular formula is C21H22N4O3S. The Hall–Kier alpha value is -3.00. The van der Waals surface area contributed by atoms with E-state index in [9.17, 15) is 13.2 Å². The Morgan fingerprint density at radius 1 is 1.03 bits per heavy atom. The molecule has 1 amide bonds. The van der Waals surface area contributed by atoms with Crippen LogP contribution in [0.1, 0.15) is 41.6 Å². The quantitative estimate of drug-likeness (QED) is 0.673. The Kier molecular flexibility index (Phi) is 5.44. The van der Waals surface area contributed by atoms with Crippen molar-refractivity contribution in [2.45, 2.75) is 42.4 Å². The van der Waals surface area contributed by atoms with E-state index in [1.165, 1.54) is 6.33 Å². The maximum atomic E-state index is 12.6. The van der Waals surface area contributed by atoms with Gasteiger partial charge in [-0.25, -0.2) is 18.1 Å². The third-order valence-corrected chi connectivity index (χ3v) is 7.49. The van der Waals surface area contributed by atoms with Crippen LogP contribution in [-0.2, 0) is 16.4 Å². The van der Waals surface area contributed by atoms with Gasteiger partial charge in [0.05, 0.1) is 16.7 Å². The largest absolute Gasteiger partial charge is 0.322 e. The molecule has 7 nitrogen and oxygen atoms in total. The number of hydrogen-bond acceptors (Lipinski definition) is 5. The number of amides is 1. The van der Waals surface area contributed by atoms with Crippen LogP contribution >= 0.6 is 0 Å². The van der Waals surface area contributed by atoms with Crippen molar-refractivity contribution in [2.24, 2.45) is 0 Å². The summed E-state index contributed by atoms with van der Waals surface area (Å²) in [4.78, 5) is 16.7. The van der Waals surface area contributed by atoms with Gasteiger partial charge in [-0.2, -0.15) is 5.10 Å². The summed E-state index contributed by atoms with van der Waals surface area (Å²) >= 11 is 0. The summed E-state index contributed by atoms with van der Waals surface area (Å²) in [7, 11) is -3.29. The number of aromatic nitrogens is 3. The fourth-order valence-corrected chi connectivity index (χ4v) is 5.44. The average Bonchev–Trinajstić information content (AvgIpc) is 3.43. The normalized spacial score (nSPS) is 14.8. The number of rotatable bonds is 6. The van der Waals surface area contributed by atoms with Gasteiger partial charge in [0, 0.05) is 11.3 Å². The molecule has 150 valence electrons. The molecule has 3 aromatic rings. The molecule has 1 N–H and O–H groups in total. The minimum Gasteiger partial charge on any atom is -0.322 e. The van der Waals surface area contributed by atoms with E-state index in [1.54, 1.807) is 47.4 Å². The SMILES string of the molecule is O=C(Nc1ccc(S(=O)(=O)C2CCCC2)cc1)c1ccc(Cn2cncn2)cc1. The van der Waals surface area contributed by atoms with E-state index in [2.05, 4.69) is 15.4 Å². The highest BCUT2D eigenvalue weighted by molar-refractivity contribution is 7.92. The van der Waals surface area contributed by atoms with Gasteiger partial charge in [0.25, 0.3) is 5.91 Å². The van der Waals surface area contributed by atoms with Crippen LogP contribution in [0.25, 0.3) is 0 Å². The molecule has 0 saturated heterocycles. The number of sulfone groups is 1. The van der Waals surface area contributed by atoms with Gasteiger partial charge < -0.3 is 5.32 Å². The lowest BCUT2D eigenvalue weighted by molar-refractivity contribution is 0.102. The van der Waals surface area contributed by atoms with Crippen LogP contribution in [0.3, 0.4) is 0 Å². The van der Waals surface area contributed by atoms with Gasteiger partial charge in [0.15, 0.2) is 9.84 Å². The van der Waals surface area contributed by atoms with Gasteiger partial charge in [-0.3, -0.25) is 4.79 Å². The summed E-state index contributed by atoms with van der Waals surface area (Å²) in [6.07, 6.45) is 6.51. The lowest BCUT2D eigenvalue weighted by Crippen LogP contribution is -2.18. The molecule has 1 saturated carbocycles. The van der Waals surface area contributed by atoms with E-state index < -0.39 is 9.84 Å². The number of anilines is 1. The first kappa shape index (κ1) is 19.3. The molecule has 1 heterocycles. The van der Waals surface area contributed by atoms with Crippen LogP contribution < -0.4 is 5.32 Å². The minimum atomic E-state index is -3.29. The van der Waals surface area contributed by atoms with Gasteiger partial charge in [0.2, 0.25) is 0 Å². The highest BCUT2D eigenvalue weighted by Gasteiger charge is 2.30. The van der Waals surface area contributed by atoms with Gasteiger partial charge in [-0.15, -0.1) is 0 Å². The first-order valence-electron chi connectivity index (χ1n) is 9.59. The Bertz CT molecular complexity index is 1070. The van der Waals surface area contributed by atoms with E-state index in [0.717, 1.165) is 31.2 Å². The molecule has 1 aliphatic carbocycles. The van der Waals surface area contributed by atoms with Gasteiger partial charge in [-0.05, 0) is 54.8 Å². The summed E-state index contributed by atoms with van der Waals surface area (Å²) in [5.41, 5.74) is 2.09. The monoisotopic (exact) mass is 410 g/mol. The van der Waals surface area contributed by atoms with Crippen LogP contribution in [0.15, 0.2) is 66.1 Å². The number of benzene rings is 2. The molecule has 1 aliphatic rings. The second kappa shape index (κ2) is 8.16. The van der Waals surface area contributed by atoms with Crippen molar-refractivity contribution in [3.63, 3.8) is 0 Å². The lowest BCUT2D eigenvalue weighted by atomic mass is 10.1. The molecule has 0 unspecified atom stereocenters. The smallest absolute Gasteiger partial charge is 0.255 e. The molecule has 0 atom stereocenters. The van der Waals surface area contributed by atoms with Crippen LogP contribution in [-0.4, -0.2) is 34.3 Å². The molecular weight excluding hydrogens is 388 g/mol. The molecule has 29 heavy (non-hydrogen) atoms. The first-order valence-corrected chi connectivity index (χ1v) is 11.1. The van der Waals surface area contributed by atoms with Crippen molar-refractivity contribution < 1.29 is 13.2 Å². The third-order valence-electron chi connectivity index (χ3n) is 5.21. The van der Waals surface area contributed by atoms with Crippen molar-refractivity contribution >= 4 is 21.4 Å². The zero-order valence-electron chi connectivity index (χ0n) is 15.9. The van der Waals surface area contributed by atoms with Crippen molar-refractivity contribution in [3.8, 4) is 0 Å². The zero-order valence-corrected chi connectivity index (χ0v) is 16.7. The van der Waals surface area contributed by atoms with Crippen LogP contribution in [0.4, 0.5) is 5.69 Å². The number of nitrogens with zero attached hydrogens (tertiary/aromatic N) is 3. The number of hydrogen-bond donors (Lipinski definition) is 1. The summed E-state index contributed by atoms with van der Waals surface area (Å²) in [6, 6.07) is 13.7. The molecule has 0 spiro atoms. The average molecular weight is 410 g/mol. The Labute approximate surface area is 169 Å². The van der Waals surface area contributed by atoms with Crippen molar-refractivity contribution in [3.05, 3.63) is 72.3 Å². The van der Waals surface area contributed by atoms with Gasteiger partial charge in [0.1, 0.15) is 12.7 Å². The van der Waals surface area contributed by atoms with E-state index in [1.807, 2.05) is 12.1 Å². The fourth-order valence-electron chi connectivity index (χ4n) is 3.59. The number of carbonyl (C=O) groups is 1. The highest BCUT2D eigenvalue weighted by Crippen LogP contribution is 2.30. The zero-order chi connectivity index (χ0) is 20.3. The standard InChI is InChI=1S/C21H22N4O3S/c26-21(17-7-5-16(6-8-17)13-25-15-22-14-23-25)24-18-9-11-20(12-10-18)29(27,28)19-3-1-2-4-19/h5-12,14-15,19H,1-4,13H2,(H,24,26). The number of nitrogens with one attached hydrogen (secondary N) is 1. The molecule has 8 heteroatoms. The summed E-state index contributed by atoms with van der Waals surface area (Å²) in [6.45, 7) is 0.582. The molecule has 2 aromatic carbocycles. The minimum absolute atomic E-state index is 0.247. The van der Waals surface area contributed by atoms with Crippen LogP contribution in [0, 0.1) is 0 Å². The topological polar surface area (TPSA) is 94.0 Å². The summed E-state index contributed by atoms with van der Waals surface area (Å²) in [5.74, 6) is -0.247. The van der Waals surface area contributed by atoms with Crippen molar-refractivity contribution in [2.75, 3.05) is 5.32 Å². The molecule has 0 radical (unpaired) electrons. The predicted octanol–water partition coefficient (Wildman–Crippen LogP) is 3.30. The molecule has 1 aromatic heterocycles. The van der Waals surface area contributed by atoms with Crippen molar-refractivity contribution in [1.82, 2.24) is 14.8 Å². The van der Waals surface area contributed by atoms with Gasteiger partial charge >= 0.3 is 0 Å². The van der Waals surface area contributed by atoms with E-state index >= 15 is 0 Å². The van der Waals surface area contributed by atoms with E-state index in [4.69, 9.17) is 0 Å². The van der Waals surface area contributed by atoms with Crippen LogP contribution in [0.5, 0.6) is 0 Å². The first-order chi connectivity index (χ1) is 14.0. The Morgan fingerprint density at radius 2 is 1.72 bits per heavy atom. The maximum absolute atomic E-state index is 12.6. The lowest BCUT2D eigenvalue weighted by Gasteiger charge is -2.12. The van der Waals surface area contributed by atoms with E-state index in [0.29, 0.717) is 22.7 Å². The van der Waals surface area contributed by atoms with Crippen molar-refractivity contribution in [1.29, 1.82) is 0 Å². The second-order valence-electron chi connectivity index (χ2n) is 7.22. The molecule has 0 aliphatic heterocycles. The molecule has 4 rings (SSSR count). The maximum Gasteiger partial charge on any atom is 0.255 e. The summed E-state index contributed by atoms with van der Waals surface area (Å²) in [5, 5.41) is 6.59. The van der Waals surface area contributed by atoms with E-state index in [-0.39, 0.29) is 11.2 Å².